The summed E-state index contributed by atoms with van der Waals surface area (Å²) in [6, 6.07) is 6.23. The highest BCUT2D eigenvalue weighted by molar-refractivity contribution is 7.99. The van der Waals surface area contributed by atoms with Gasteiger partial charge in [0.05, 0.1) is 5.75 Å². The van der Waals surface area contributed by atoms with Crippen molar-refractivity contribution in [3.8, 4) is 5.75 Å². The minimum absolute atomic E-state index is 0.0158. The lowest BCUT2D eigenvalue weighted by atomic mass is 9.84. The molecule has 2 bridgehead atoms. The third kappa shape index (κ3) is 4.65. The van der Waals surface area contributed by atoms with Crippen molar-refractivity contribution < 1.29 is 13.9 Å². The van der Waals surface area contributed by atoms with Crippen molar-refractivity contribution >= 4 is 23.4 Å². The van der Waals surface area contributed by atoms with Gasteiger partial charge in [-0.25, -0.2) is 9.18 Å². The zero-order valence-electron chi connectivity index (χ0n) is 21.6. The molecule has 0 spiro atoms. The quantitative estimate of drug-likeness (QED) is 0.323. The lowest BCUT2D eigenvalue weighted by molar-refractivity contribution is 0.102. The Labute approximate surface area is 223 Å². The highest BCUT2D eigenvalue weighted by Crippen LogP contribution is 2.52. The normalized spacial score (nSPS) is 21.1. The van der Waals surface area contributed by atoms with Crippen LogP contribution in [0.25, 0.3) is 0 Å². The van der Waals surface area contributed by atoms with Gasteiger partial charge in [-0.3, -0.25) is 23.3 Å². The number of nitrogens with zero attached hydrogens (tertiary/aromatic N) is 5. The van der Waals surface area contributed by atoms with Crippen LogP contribution >= 0.6 is 11.8 Å². The van der Waals surface area contributed by atoms with Crippen molar-refractivity contribution in [3.63, 3.8) is 0 Å². The number of halogens is 1. The van der Waals surface area contributed by atoms with Gasteiger partial charge in [-0.05, 0) is 56.1 Å². The number of fused-ring (bicyclic) bond motifs is 2. The second-order valence-corrected chi connectivity index (χ2v) is 11.2. The summed E-state index contributed by atoms with van der Waals surface area (Å²) < 4.78 is 23.8. The van der Waals surface area contributed by atoms with E-state index in [-0.39, 0.29) is 35.5 Å². The maximum Gasteiger partial charge on any atom is 0.332 e. The number of aromatic nitrogens is 5. The van der Waals surface area contributed by atoms with Gasteiger partial charge in [-0.1, -0.05) is 30.3 Å². The molecule has 38 heavy (non-hydrogen) atoms. The van der Waals surface area contributed by atoms with E-state index >= 15 is 0 Å². The van der Waals surface area contributed by atoms with Crippen molar-refractivity contribution in [1.29, 1.82) is 0 Å². The van der Waals surface area contributed by atoms with Crippen LogP contribution < -0.4 is 21.7 Å². The molecule has 2 aromatic heterocycles. The summed E-state index contributed by atoms with van der Waals surface area (Å²) in [5, 5.41) is 9.20. The van der Waals surface area contributed by atoms with Crippen LogP contribution in [0.4, 0.5) is 10.2 Å². The van der Waals surface area contributed by atoms with Gasteiger partial charge in [0.15, 0.2) is 28.3 Å². The topological polar surface area (TPSA) is 127 Å². The molecule has 202 valence electrons. The fraction of sp³-hybridized carbons (Fsp3) is 0.500. The van der Waals surface area contributed by atoms with E-state index in [2.05, 4.69) is 17.1 Å². The molecule has 2 N–H and O–H groups in total. The summed E-state index contributed by atoms with van der Waals surface area (Å²) >= 11 is 1.16. The lowest BCUT2D eigenvalue weighted by Gasteiger charge is -2.30. The van der Waals surface area contributed by atoms with Crippen molar-refractivity contribution in [2.45, 2.75) is 50.4 Å². The van der Waals surface area contributed by atoms with Gasteiger partial charge in [-0.2, -0.15) is 0 Å². The Kier molecular flexibility index (Phi) is 7.17. The van der Waals surface area contributed by atoms with Crippen LogP contribution in [-0.2, 0) is 20.7 Å². The van der Waals surface area contributed by atoms with E-state index in [1.807, 2.05) is 4.57 Å². The third-order valence-electron chi connectivity index (χ3n) is 8.07. The smallest absolute Gasteiger partial charge is 0.332 e. The van der Waals surface area contributed by atoms with Gasteiger partial charge in [-0.15, -0.1) is 10.2 Å². The molecular formula is C26H31FN6O4S. The van der Waals surface area contributed by atoms with Crippen molar-refractivity contribution in [1.82, 2.24) is 23.9 Å². The standard InChI is InChI=1S/C26H31FN6O4S/c1-14(17-11-15-8-9-16(17)10-15)33-21(12-37-20-7-5-4-6-18(20)27)29-30-25(33)38-13-19(34)22-23(28)31(2)26(36)32(3)24(22)35/h4-7,14-17H,8-13,28H2,1-3H3/t14-,15-,16-,17+/m1/s1. The Bertz CT molecular complexity index is 1500. The predicted molar refractivity (Wildman–Crippen MR) is 141 cm³/mol. The second-order valence-electron chi connectivity index (χ2n) is 10.2. The molecule has 1 aromatic carbocycles. The predicted octanol–water partition coefficient (Wildman–Crippen LogP) is 2.95. The van der Waals surface area contributed by atoms with Crippen LogP contribution in [0.5, 0.6) is 5.75 Å². The molecule has 12 heteroatoms. The molecular weight excluding hydrogens is 511 g/mol. The average Bonchev–Trinajstić information content (AvgIpc) is 3.65. The molecule has 2 saturated carbocycles. The maximum atomic E-state index is 14.2. The van der Waals surface area contributed by atoms with Crippen molar-refractivity contribution in [2.75, 3.05) is 11.5 Å². The van der Waals surface area contributed by atoms with Crippen LogP contribution in [0.15, 0.2) is 39.0 Å². The summed E-state index contributed by atoms with van der Waals surface area (Å²) in [7, 11) is 2.72. The van der Waals surface area contributed by atoms with Crippen LogP contribution in [0.2, 0.25) is 0 Å². The number of thioether (sulfide) groups is 1. The van der Waals surface area contributed by atoms with Gasteiger partial charge >= 0.3 is 5.69 Å². The molecule has 2 aliphatic carbocycles. The molecule has 2 heterocycles. The average molecular weight is 543 g/mol. The number of para-hydroxylation sites is 1. The third-order valence-corrected chi connectivity index (χ3v) is 9.01. The summed E-state index contributed by atoms with van der Waals surface area (Å²) in [4.78, 5) is 37.9. The van der Waals surface area contributed by atoms with E-state index in [1.165, 1.54) is 39.4 Å². The number of ether oxygens (including phenoxy) is 1. The zero-order valence-corrected chi connectivity index (χ0v) is 22.4. The first kappa shape index (κ1) is 26.2. The molecule has 2 aliphatic rings. The zero-order chi connectivity index (χ0) is 27.1. The number of benzene rings is 1. The maximum absolute atomic E-state index is 14.2. The molecule has 0 radical (unpaired) electrons. The van der Waals surface area contributed by atoms with Crippen molar-refractivity contribution in [3.05, 3.63) is 62.3 Å². The molecule has 4 atom stereocenters. The minimum atomic E-state index is -0.730. The van der Waals surface area contributed by atoms with E-state index in [0.29, 0.717) is 22.8 Å². The number of hydrogen-bond acceptors (Lipinski definition) is 8. The largest absolute Gasteiger partial charge is 0.483 e. The molecule has 5 rings (SSSR count). The Hall–Kier alpha value is -3.41. The van der Waals surface area contributed by atoms with Crippen molar-refractivity contribution in [2.24, 2.45) is 31.8 Å². The fourth-order valence-electron chi connectivity index (χ4n) is 6.02. The minimum Gasteiger partial charge on any atom is -0.483 e. The first-order valence-electron chi connectivity index (χ1n) is 12.7. The summed E-state index contributed by atoms with van der Waals surface area (Å²) in [6.45, 7) is 2.15. The number of carbonyl (C=O) groups is 1. The molecule has 0 saturated heterocycles. The van der Waals surface area contributed by atoms with Gasteiger partial charge in [0, 0.05) is 20.1 Å². The number of nitrogen functional groups attached to an aromatic ring is 1. The van der Waals surface area contributed by atoms with E-state index in [9.17, 15) is 18.8 Å². The number of hydrogen-bond donors (Lipinski definition) is 1. The summed E-state index contributed by atoms with van der Waals surface area (Å²) in [5.74, 6) is 1.22. The van der Waals surface area contributed by atoms with Gasteiger partial charge < -0.3 is 10.5 Å². The Morgan fingerprint density at radius 1 is 1.18 bits per heavy atom. The highest BCUT2D eigenvalue weighted by Gasteiger charge is 2.43. The summed E-state index contributed by atoms with van der Waals surface area (Å²) in [5.41, 5.74) is 4.41. The number of anilines is 1. The van der Waals surface area contributed by atoms with E-state index in [0.717, 1.165) is 33.2 Å². The number of ketones is 1. The Morgan fingerprint density at radius 3 is 2.63 bits per heavy atom. The SMILES string of the molecule is C[C@H]([C@@H]1C[C@@H]2CC[C@@H]1C2)n1c(COc2ccccc2F)nnc1SCC(=O)c1c(N)n(C)c(=O)n(C)c1=O. The molecule has 2 fully saturated rings. The second kappa shape index (κ2) is 10.4. The van der Waals surface area contributed by atoms with Crippen LogP contribution in [-0.4, -0.2) is 35.4 Å². The van der Waals surface area contributed by atoms with E-state index < -0.39 is 22.8 Å². The van der Waals surface area contributed by atoms with Crippen LogP contribution in [0.3, 0.4) is 0 Å². The van der Waals surface area contributed by atoms with Crippen LogP contribution in [0.1, 0.15) is 54.8 Å². The molecule has 3 aromatic rings. The number of nitrogens with two attached hydrogens (primary N) is 1. The first-order chi connectivity index (χ1) is 18.2. The highest BCUT2D eigenvalue weighted by atomic mass is 32.2. The number of rotatable bonds is 9. The van der Waals surface area contributed by atoms with Crippen LogP contribution in [0, 0.1) is 23.6 Å². The first-order valence-corrected chi connectivity index (χ1v) is 13.7. The summed E-state index contributed by atoms with van der Waals surface area (Å²) in [6.07, 6.45) is 4.84. The Morgan fingerprint density at radius 2 is 1.95 bits per heavy atom. The molecule has 0 aliphatic heterocycles. The van der Waals surface area contributed by atoms with E-state index in [1.54, 1.807) is 18.2 Å². The Balaban J connectivity index is 1.41. The number of carbonyl (C=O) groups excluding carboxylic acids is 1. The number of Topliss-reactive ketones (excluding diaryl/α,β-unsaturated/α-hetero) is 1. The van der Waals surface area contributed by atoms with E-state index in [4.69, 9.17) is 10.5 Å². The van der Waals surface area contributed by atoms with Gasteiger partial charge in [0.25, 0.3) is 5.56 Å². The lowest BCUT2D eigenvalue weighted by Crippen LogP contribution is -2.41. The monoisotopic (exact) mass is 542 g/mol. The van der Waals surface area contributed by atoms with Gasteiger partial charge in [0.2, 0.25) is 0 Å². The molecule has 10 nitrogen and oxygen atoms in total. The molecule has 0 amide bonds. The van der Waals surface area contributed by atoms with Gasteiger partial charge in [0.1, 0.15) is 18.0 Å². The molecule has 0 unspecified atom stereocenters. The fourth-order valence-corrected chi connectivity index (χ4v) is 6.93.